The number of para-hydroxylation sites is 1. The number of anilines is 2. The van der Waals surface area contributed by atoms with E-state index in [1.54, 1.807) is 6.07 Å². The van der Waals surface area contributed by atoms with Crippen LogP contribution in [-0.2, 0) is 4.79 Å². The Bertz CT molecular complexity index is 788. The Morgan fingerprint density at radius 2 is 1.96 bits per heavy atom. The molecule has 132 valence electrons. The number of piperazine rings is 1. The van der Waals surface area contributed by atoms with Crippen molar-refractivity contribution >= 4 is 17.5 Å². The van der Waals surface area contributed by atoms with Gasteiger partial charge in [0.1, 0.15) is 5.75 Å². The van der Waals surface area contributed by atoms with Crippen LogP contribution < -0.4 is 10.6 Å². The molecule has 1 aliphatic heterocycles. The molecule has 4 N–H and O–H groups in total. The maximum atomic E-state index is 10.8. The molecule has 1 aromatic heterocycles. The van der Waals surface area contributed by atoms with Gasteiger partial charge in [-0.25, -0.2) is 0 Å². The highest BCUT2D eigenvalue weighted by Gasteiger charge is 2.22. The first kappa shape index (κ1) is 17.0. The molecule has 8 heteroatoms. The summed E-state index contributed by atoms with van der Waals surface area (Å²) in [5, 5.41) is 27.3. The Labute approximate surface area is 145 Å². The second-order valence-electron chi connectivity index (χ2n) is 6.13. The van der Waals surface area contributed by atoms with E-state index in [1.807, 2.05) is 30.0 Å². The molecule has 0 amide bonds. The van der Waals surface area contributed by atoms with Crippen LogP contribution in [0.25, 0.3) is 11.3 Å². The van der Waals surface area contributed by atoms with Crippen LogP contribution in [0.15, 0.2) is 24.3 Å². The fraction of sp³-hybridized carbons (Fsp3) is 0.353. The number of nitrogens with two attached hydrogens (primary N) is 1. The second kappa shape index (κ2) is 6.94. The fourth-order valence-corrected chi connectivity index (χ4v) is 2.98. The molecule has 2 aromatic rings. The number of aromatic hydroxyl groups is 1. The van der Waals surface area contributed by atoms with Gasteiger partial charge >= 0.3 is 5.97 Å². The van der Waals surface area contributed by atoms with Gasteiger partial charge in [0.15, 0.2) is 5.82 Å². The number of carboxylic acid groups (broad SMARTS) is 1. The molecule has 0 bridgehead atoms. The molecule has 0 aliphatic carbocycles. The zero-order chi connectivity index (χ0) is 18.0. The molecule has 0 atom stereocenters. The molecular formula is C17H21N5O3. The van der Waals surface area contributed by atoms with Crippen LogP contribution in [0.5, 0.6) is 5.75 Å². The molecule has 1 fully saturated rings. The van der Waals surface area contributed by atoms with Gasteiger partial charge in [-0.2, -0.15) is 0 Å². The number of carboxylic acids is 1. The third kappa shape index (κ3) is 3.63. The van der Waals surface area contributed by atoms with E-state index in [2.05, 4.69) is 15.1 Å². The van der Waals surface area contributed by atoms with Gasteiger partial charge in [0.2, 0.25) is 0 Å². The average molecular weight is 343 g/mol. The predicted octanol–water partition coefficient (Wildman–Crippen LogP) is 0.946. The van der Waals surface area contributed by atoms with Gasteiger partial charge < -0.3 is 20.8 Å². The van der Waals surface area contributed by atoms with E-state index < -0.39 is 5.97 Å². The van der Waals surface area contributed by atoms with Crippen molar-refractivity contribution in [2.45, 2.75) is 6.92 Å². The van der Waals surface area contributed by atoms with Gasteiger partial charge in [-0.15, -0.1) is 10.2 Å². The lowest BCUT2D eigenvalue weighted by atomic mass is 10.1. The lowest BCUT2D eigenvalue weighted by molar-refractivity contribution is -0.138. The van der Waals surface area contributed by atoms with E-state index >= 15 is 0 Å². The summed E-state index contributed by atoms with van der Waals surface area (Å²) in [6.07, 6.45) is 0. The van der Waals surface area contributed by atoms with Crippen molar-refractivity contribution in [3.8, 4) is 17.0 Å². The number of rotatable bonds is 4. The lowest BCUT2D eigenvalue weighted by Crippen LogP contribution is -2.48. The van der Waals surface area contributed by atoms with Crippen molar-refractivity contribution in [1.82, 2.24) is 15.1 Å². The number of phenolic OH excluding ortho intramolecular Hbond substituents is 1. The summed E-state index contributed by atoms with van der Waals surface area (Å²) in [5.41, 5.74) is 8.67. The molecule has 2 heterocycles. The van der Waals surface area contributed by atoms with Crippen molar-refractivity contribution in [2.75, 3.05) is 43.4 Å². The van der Waals surface area contributed by atoms with Gasteiger partial charge in [0, 0.05) is 31.7 Å². The Morgan fingerprint density at radius 3 is 2.64 bits per heavy atom. The second-order valence-corrected chi connectivity index (χ2v) is 6.13. The molecule has 25 heavy (non-hydrogen) atoms. The summed E-state index contributed by atoms with van der Waals surface area (Å²) in [4.78, 5) is 14.8. The van der Waals surface area contributed by atoms with E-state index in [1.165, 1.54) is 0 Å². The van der Waals surface area contributed by atoms with E-state index in [9.17, 15) is 9.90 Å². The molecule has 3 rings (SSSR count). The number of hydrogen-bond acceptors (Lipinski definition) is 7. The largest absolute Gasteiger partial charge is 0.507 e. The maximum absolute atomic E-state index is 10.8. The Balaban J connectivity index is 1.84. The van der Waals surface area contributed by atoms with E-state index in [4.69, 9.17) is 10.8 Å². The lowest BCUT2D eigenvalue weighted by Gasteiger charge is -2.35. The summed E-state index contributed by atoms with van der Waals surface area (Å²) in [6.45, 7) is 4.45. The minimum absolute atomic E-state index is 0.0420. The number of nitrogens with zero attached hydrogens (tertiary/aromatic N) is 4. The van der Waals surface area contributed by atoms with Crippen LogP contribution in [0, 0.1) is 6.92 Å². The van der Waals surface area contributed by atoms with E-state index in [-0.39, 0.29) is 12.3 Å². The molecular weight excluding hydrogens is 322 g/mol. The molecule has 1 aromatic carbocycles. The summed E-state index contributed by atoms with van der Waals surface area (Å²) < 4.78 is 0. The average Bonchev–Trinajstić information content (AvgIpc) is 2.58. The Hall–Kier alpha value is -2.87. The van der Waals surface area contributed by atoms with E-state index in [0.29, 0.717) is 43.3 Å². The molecule has 1 saturated heterocycles. The van der Waals surface area contributed by atoms with Crippen LogP contribution in [-0.4, -0.2) is 64.0 Å². The number of hydrogen-bond donors (Lipinski definition) is 3. The number of phenols is 1. The minimum atomic E-state index is -0.823. The first-order valence-electron chi connectivity index (χ1n) is 8.07. The smallest absolute Gasteiger partial charge is 0.317 e. The number of nitrogen functional groups attached to an aromatic ring is 1. The monoisotopic (exact) mass is 343 g/mol. The zero-order valence-electron chi connectivity index (χ0n) is 14.0. The van der Waals surface area contributed by atoms with Crippen molar-refractivity contribution in [1.29, 1.82) is 0 Å². The highest BCUT2D eigenvalue weighted by Crippen LogP contribution is 2.33. The molecule has 1 aliphatic rings. The van der Waals surface area contributed by atoms with Gasteiger partial charge in [-0.05, 0) is 24.6 Å². The Kier molecular flexibility index (Phi) is 4.71. The zero-order valence-corrected chi connectivity index (χ0v) is 14.0. The Morgan fingerprint density at radius 1 is 1.24 bits per heavy atom. The number of aryl methyl sites for hydroxylation is 1. The van der Waals surface area contributed by atoms with Crippen LogP contribution >= 0.6 is 0 Å². The van der Waals surface area contributed by atoms with Gasteiger partial charge in [-0.3, -0.25) is 9.69 Å². The minimum Gasteiger partial charge on any atom is -0.507 e. The third-order valence-electron chi connectivity index (χ3n) is 4.39. The molecule has 0 unspecified atom stereocenters. The first-order valence-corrected chi connectivity index (χ1v) is 8.07. The SMILES string of the molecule is Cc1cccc(-c2cc(N3CCN(CC(=O)O)CC3)c(N)nn2)c1O. The summed E-state index contributed by atoms with van der Waals surface area (Å²) in [6, 6.07) is 7.29. The summed E-state index contributed by atoms with van der Waals surface area (Å²) in [7, 11) is 0. The van der Waals surface area contributed by atoms with Crippen molar-refractivity contribution in [3.05, 3.63) is 29.8 Å². The fourth-order valence-electron chi connectivity index (χ4n) is 2.98. The standard InChI is InChI=1S/C17H21N5O3/c1-11-3-2-4-12(16(11)25)13-9-14(17(18)20-19-13)22-7-5-21(6-8-22)10-15(23)24/h2-4,9,25H,5-8,10H2,1H3,(H2,18,20)(H,23,24). The summed E-state index contributed by atoms with van der Waals surface area (Å²) in [5.74, 6) is -0.322. The topological polar surface area (TPSA) is 116 Å². The van der Waals surface area contributed by atoms with Crippen molar-refractivity contribution in [2.24, 2.45) is 0 Å². The first-order chi connectivity index (χ1) is 12.0. The van der Waals surface area contributed by atoms with Gasteiger partial charge in [0.05, 0.1) is 17.9 Å². The molecule has 0 saturated carbocycles. The summed E-state index contributed by atoms with van der Waals surface area (Å²) >= 11 is 0. The number of benzene rings is 1. The predicted molar refractivity (Wildman–Crippen MR) is 94.6 cm³/mol. The third-order valence-corrected chi connectivity index (χ3v) is 4.39. The van der Waals surface area contributed by atoms with Crippen molar-refractivity contribution < 1.29 is 15.0 Å². The number of aliphatic carboxylic acids is 1. The van der Waals surface area contributed by atoms with Gasteiger partial charge in [0.25, 0.3) is 0 Å². The molecule has 0 spiro atoms. The quantitative estimate of drug-likeness (QED) is 0.751. The van der Waals surface area contributed by atoms with Gasteiger partial charge in [-0.1, -0.05) is 12.1 Å². The normalized spacial score (nSPS) is 15.3. The van der Waals surface area contributed by atoms with Crippen LogP contribution in [0.3, 0.4) is 0 Å². The molecule has 0 radical (unpaired) electrons. The maximum Gasteiger partial charge on any atom is 0.317 e. The highest BCUT2D eigenvalue weighted by atomic mass is 16.4. The number of carbonyl (C=O) groups is 1. The van der Waals surface area contributed by atoms with Crippen LogP contribution in [0.1, 0.15) is 5.56 Å². The van der Waals surface area contributed by atoms with Crippen LogP contribution in [0.4, 0.5) is 11.5 Å². The van der Waals surface area contributed by atoms with Crippen molar-refractivity contribution in [3.63, 3.8) is 0 Å². The number of aromatic nitrogens is 2. The molecule has 8 nitrogen and oxygen atoms in total. The van der Waals surface area contributed by atoms with Crippen LogP contribution in [0.2, 0.25) is 0 Å². The van der Waals surface area contributed by atoms with E-state index in [0.717, 1.165) is 11.3 Å². The highest BCUT2D eigenvalue weighted by molar-refractivity contribution is 5.75.